The van der Waals surface area contributed by atoms with Gasteiger partial charge in [-0.25, -0.2) is 4.98 Å². The number of carbonyl (C=O) groups excluding carboxylic acids is 1. The molecule has 0 radical (unpaired) electrons. The van der Waals surface area contributed by atoms with Gasteiger partial charge in [-0.1, -0.05) is 17.7 Å². The highest BCUT2D eigenvalue weighted by Crippen LogP contribution is 2.23. The Morgan fingerprint density at radius 2 is 1.84 bits per heavy atom. The molecular weight excluding hydrogens is 428 g/mol. The topological polar surface area (TPSA) is 96.6 Å². The summed E-state index contributed by atoms with van der Waals surface area (Å²) < 4.78 is 5.41. The van der Waals surface area contributed by atoms with Gasteiger partial charge in [0.25, 0.3) is 5.91 Å². The van der Waals surface area contributed by atoms with Crippen LogP contribution in [-0.2, 0) is 0 Å². The molecule has 1 aromatic heterocycles. The summed E-state index contributed by atoms with van der Waals surface area (Å²) in [4.78, 5) is 25.7. The van der Waals surface area contributed by atoms with Crippen LogP contribution in [0.1, 0.15) is 17.3 Å². The van der Waals surface area contributed by atoms with Crippen molar-refractivity contribution in [2.45, 2.75) is 6.92 Å². The van der Waals surface area contributed by atoms with Crippen molar-refractivity contribution in [3.05, 3.63) is 65.3 Å². The number of hydrogen-bond donors (Lipinski definition) is 2. The van der Waals surface area contributed by atoms with Crippen molar-refractivity contribution in [3.8, 4) is 5.75 Å². The second-order valence-electron chi connectivity index (χ2n) is 7.33. The maximum atomic E-state index is 12.6. The number of amides is 1. The van der Waals surface area contributed by atoms with Gasteiger partial charge in [0.1, 0.15) is 17.1 Å². The molecule has 1 aliphatic rings. The number of halogens is 1. The van der Waals surface area contributed by atoms with Gasteiger partial charge in [0.2, 0.25) is 5.95 Å². The lowest BCUT2D eigenvalue weighted by atomic mass is 10.2. The molecule has 2 heterocycles. The van der Waals surface area contributed by atoms with E-state index in [1.54, 1.807) is 24.3 Å². The molecule has 0 aliphatic carbocycles. The number of piperazine rings is 1. The van der Waals surface area contributed by atoms with Crippen molar-refractivity contribution in [2.24, 2.45) is 0 Å². The van der Waals surface area contributed by atoms with Crippen molar-refractivity contribution in [1.82, 2.24) is 9.97 Å². The van der Waals surface area contributed by atoms with E-state index >= 15 is 0 Å². The minimum Gasteiger partial charge on any atom is -0.494 e. The van der Waals surface area contributed by atoms with Crippen LogP contribution in [0.3, 0.4) is 0 Å². The summed E-state index contributed by atoms with van der Waals surface area (Å²) in [6.45, 7) is 5.60. The first-order valence-electron chi connectivity index (χ1n) is 10.5. The molecule has 0 bridgehead atoms. The molecule has 0 spiro atoms. The number of anilines is 4. The Hall–Kier alpha value is -3.52. The molecule has 166 valence electrons. The number of nitrogen functional groups attached to an aromatic ring is 1. The predicted molar refractivity (Wildman–Crippen MR) is 128 cm³/mol. The van der Waals surface area contributed by atoms with Crippen LogP contribution in [0.5, 0.6) is 5.75 Å². The van der Waals surface area contributed by atoms with E-state index in [-0.39, 0.29) is 17.3 Å². The molecule has 3 N–H and O–H groups in total. The fourth-order valence-corrected chi connectivity index (χ4v) is 3.73. The van der Waals surface area contributed by atoms with Gasteiger partial charge < -0.3 is 25.6 Å². The van der Waals surface area contributed by atoms with E-state index in [9.17, 15) is 4.79 Å². The summed E-state index contributed by atoms with van der Waals surface area (Å²) in [7, 11) is 0. The largest absolute Gasteiger partial charge is 0.494 e. The summed E-state index contributed by atoms with van der Waals surface area (Å²) >= 11 is 6.11. The van der Waals surface area contributed by atoms with Crippen molar-refractivity contribution in [1.29, 1.82) is 0 Å². The average molecular weight is 453 g/mol. The molecular formula is C23H25ClN6O2. The smallest absolute Gasteiger partial charge is 0.260 e. The highest BCUT2D eigenvalue weighted by atomic mass is 35.5. The Morgan fingerprint density at radius 3 is 2.50 bits per heavy atom. The monoisotopic (exact) mass is 452 g/mol. The molecule has 1 fully saturated rings. The van der Waals surface area contributed by atoms with Crippen LogP contribution in [0.4, 0.5) is 23.1 Å². The highest BCUT2D eigenvalue weighted by Gasteiger charge is 2.21. The number of nitrogens with one attached hydrogen (secondary N) is 1. The van der Waals surface area contributed by atoms with Gasteiger partial charge in [-0.2, -0.15) is 4.98 Å². The van der Waals surface area contributed by atoms with Gasteiger partial charge in [-0.3, -0.25) is 4.79 Å². The SMILES string of the molecule is CCOc1ccc(NC(=O)c2cnc(N3CCN(c4cccc(Cl)c4)CC3)nc2N)cc1. The number of ether oxygens (including phenoxy) is 1. The zero-order valence-electron chi connectivity index (χ0n) is 17.8. The number of nitrogens with two attached hydrogens (primary N) is 1. The average Bonchev–Trinajstić information content (AvgIpc) is 2.80. The normalized spacial score (nSPS) is 13.7. The lowest BCUT2D eigenvalue weighted by molar-refractivity contribution is 0.102. The zero-order valence-corrected chi connectivity index (χ0v) is 18.5. The predicted octanol–water partition coefficient (Wildman–Crippen LogP) is 3.69. The Morgan fingerprint density at radius 1 is 1.12 bits per heavy atom. The lowest BCUT2D eigenvalue weighted by Crippen LogP contribution is -2.47. The van der Waals surface area contributed by atoms with Crippen molar-refractivity contribution < 1.29 is 9.53 Å². The Labute approximate surface area is 192 Å². The molecule has 2 aromatic carbocycles. The summed E-state index contributed by atoms with van der Waals surface area (Å²) in [6, 6.07) is 15.0. The summed E-state index contributed by atoms with van der Waals surface area (Å²) in [5.41, 5.74) is 8.07. The molecule has 1 amide bonds. The first-order chi connectivity index (χ1) is 15.5. The van der Waals surface area contributed by atoms with E-state index in [1.165, 1.54) is 6.20 Å². The summed E-state index contributed by atoms with van der Waals surface area (Å²) in [6.07, 6.45) is 1.48. The molecule has 9 heteroatoms. The quantitative estimate of drug-likeness (QED) is 0.588. The minimum atomic E-state index is -0.357. The second kappa shape index (κ2) is 9.74. The van der Waals surface area contributed by atoms with Crippen molar-refractivity contribution >= 4 is 40.6 Å². The van der Waals surface area contributed by atoms with E-state index in [2.05, 4.69) is 25.1 Å². The Bertz CT molecular complexity index is 1080. The van der Waals surface area contributed by atoms with Crippen LogP contribution >= 0.6 is 11.6 Å². The van der Waals surface area contributed by atoms with E-state index in [1.807, 2.05) is 31.2 Å². The number of carbonyl (C=O) groups is 1. The van der Waals surface area contributed by atoms with E-state index in [0.717, 1.165) is 42.6 Å². The maximum absolute atomic E-state index is 12.6. The summed E-state index contributed by atoms with van der Waals surface area (Å²) in [5, 5.41) is 3.53. The van der Waals surface area contributed by atoms with Gasteiger partial charge in [0.15, 0.2) is 0 Å². The molecule has 4 rings (SSSR count). The fraction of sp³-hybridized carbons (Fsp3) is 0.261. The van der Waals surface area contributed by atoms with Crippen LogP contribution < -0.4 is 25.6 Å². The van der Waals surface area contributed by atoms with Crippen LogP contribution in [0, 0.1) is 0 Å². The van der Waals surface area contributed by atoms with Gasteiger partial charge in [-0.15, -0.1) is 0 Å². The first-order valence-corrected chi connectivity index (χ1v) is 10.8. The molecule has 3 aromatic rings. The molecule has 1 saturated heterocycles. The molecule has 0 atom stereocenters. The van der Waals surface area contributed by atoms with Gasteiger partial charge in [0, 0.05) is 48.8 Å². The fourth-order valence-electron chi connectivity index (χ4n) is 3.55. The third-order valence-corrected chi connectivity index (χ3v) is 5.44. The van der Waals surface area contributed by atoms with E-state index in [0.29, 0.717) is 18.2 Å². The van der Waals surface area contributed by atoms with E-state index in [4.69, 9.17) is 22.1 Å². The molecule has 1 aliphatic heterocycles. The molecule has 0 unspecified atom stereocenters. The van der Waals surface area contributed by atoms with Crippen molar-refractivity contribution in [2.75, 3.05) is 53.6 Å². The van der Waals surface area contributed by atoms with Crippen LogP contribution in [0.2, 0.25) is 5.02 Å². The number of nitrogens with zero attached hydrogens (tertiary/aromatic N) is 4. The highest BCUT2D eigenvalue weighted by molar-refractivity contribution is 6.30. The zero-order chi connectivity index (χ0) is 22.5. The maximum Gasteiger partial charge on any atom is 0.260 e. The Kier molecular flexibility index (Phi) is 6.61. The Balaban J connectivity index is 1.38. The third-order valence-electron chi connectivity index (χ3n) is 5.21. The minimum absolute atomic E-state index is 0.149. The van der Waals surface area contributed by atoms with Gasteiger partial charge in [-0.05, 0) is 49.4 Å². The number of hydrogen-bond acceptors (Lipinski definition) is 7. The first kappa shape index (κ1) is 21.7. The van der Waals surface area contributed by atoms with Crippen LogP contribution in [-0.4, -0.2) is 48.7 Å². The second-order valence-corrected chi connectivity index (χ2v) is 7.77. The molecule has 0 saturated carbocycles. The molecule has 8 nitrogen and oxygen atoms in total. The molecule has 32 heavy (non-hydrogen) atoms. The third kappa shape index (κ3) is 5.03. The van der Waals surface area contributed by atoms with Gasteiger partial charge in [0.05, 0.1) is 6.61 Å². The number of benzene rings is 2. The van der Waals surface area contributed by atoms with E-state index < -0.39 is 0 Å². The number of rotatable bonds is 6. The summed E-state index contributed by atoms with van der Waals surface area (Å²) in [5.74, 6) is 1.05. The van der Waals surface area contributed by atoms with Crippen LogP contribution in [0.25, 0.3) is 0 Å². The lowest BCUT2D eigenvalue weighted by Gasteiger charge is -2.36. The standard InChI is InChI=1S/C23H25ClN6O2/c1-2-32-19-8-6-17(7-9-19)27-22(31)20-15-26-23(28-21(20)25)30-12-10-29(11-13-30)18-5-3-4-16(24)14-18/h3-9,14-15H,2,10-13H2,1H3,(H,27,31)(H2,25,26,28). The number of aromatic nitrogens is 2. The van der Waals surface area contributed by atoms with Crippen LogP contribution in [0.15, 0.2) is 54.7 Å². The van der Waals surface area contributed by atoms with Crippen molar-refractivity contribution in [3.63, 3.8) is 0 Å². The van der Waals surface area contributed by atoms with Gasteiger partial charge >= 0.3 is 0 Å².